The molecule has 1 N–H and O–H groups in total. The van der Waals surface area contributed by atoms with Crippen molar-refractivity contribution in [2.24, 2.45) is 5.92 Å². The van der Waals surface area contributed by atoms with Crippen LogP contribution in [0.25, 0.3) is 0 Å². The van der Waals surface area contributed by atoms with Gasteiger partial charge in [-0.15, -0.1) is 0 Å². The molecule has 1 saturated carbocycles. The third-order valence-electron chi connectivity index (χ3n) is 3.48. The number of nitrogens with one attached hydrogen (secondary N) is 1. The molecule has 90 valence electrons. The molecule has 1 aliphatic rings. The van der Waals surface area contributed by atoms with Crippen LogP contribution in [0, 0.1) is 5.92 Å². The number of hydrogen-bond donors (Lipinski definition) is 1. The van der Waals surface area contributed by atoms with Gasteiger partial charge in [0.15, 0.2) is 0 Å². The van der Waals surface area contributed by atoms with Gasteiger partial charge in [-0.2, -0.15) is 0 Å². The lowest BCUT2D eigenvalue weighted by Gasteiger charge is -2.19. The second kappa shape index (κ2) is 6.64. The highest BCUT2D eigenvalue weighted by molar-refractivity contribution is 7.84. The summed E-state index contributed by atoms with van der Waals surface area (Å²) >= 11 is 0. The third kappa shape index (κ3) is 5.12. The lowest BCUT2D eigenvalue weighted by Crippen LogP contribution is -2.35. The van der Waals surface area contributed by atoms with Crippen LogP contribution in [0.3, 0.4) is 0 Å². The molecule has 1 fully saturated rings. The summed E-state index contributed by atoms with van der Waals surface area (Å²) in [4.78, 5) is 0. The predicted molar refractivity (Wildman–Crippen MR) is 67.6 cm³/mol. The Morgan fingerprint density at radius 3 is 2.73 bits per heavy atom. The average molecular weight is 231 g/mol. The van der Waals surface area contributed by atoms with E-state index in [1.165, 1.54) is 25.7 Å². The summed E-state index contributed by atoms with van der Waals surface area (Å²) in [5.41, 5.74) is 0. The van der Waals surface area contributed by atoms with Crippen LogP contribution in [0.1, 0.15) is 46.0 Å². The van der Waals surface area contributed by atoms with Gasteiger partial charge in [-0.1, -0.05) is 13.3 Å². The molecule has 0 saturated heterocycles. The van der Waals surface area contributed by atoms with Crippen LogP contribution in [0.2, 0.25) is 0 Å². The molecule has 4 atom stereocenters. The fourth-order valence-electron chi connectivity index (χ4n) is 2.43. The van der Waals surface area contributed by atoms with Gasteiger partial charge in [0.1, 0.15) is 0 Å². The van der Waals surface area contributed by atoms with Crippen LogP contribution < -0.4 is 5.32 Å². The van der Waals surface area contributed by atoms with Crippen LogP contribution in [0.5, 0.6) is 0 Å². The van der Waals surface area contributed by atoms with Crippen LogP contribution >= 0.6 is 0 Å². The summed E-state index contributed by atoms with van der Waals surface area (Å²) in [7, 11) is -0.638. The van der Waals surface area contributed by atoms with Gasteiger partial charge in [-0.25, -0.2) is 0 Å². The molecular weight excluding hydrogens is 206 g/mol. The van der Waals surface area contributed by atoms with Gasteiger partial charge < -0.3 is 5.32 Å². The third-order valence-corrected chi connectivity index (χ3v) is 4.29. The molecule has 15 heavy (non-hydrogen) atoms. The zero-order chi connectivity index (χ0) is 11.3. The SMILES string of the molecule is CCC1CCC(NC(C)CCS(C)=O)C1. The number of rotatable bonds is 6. The van der Waals surface area contributed by atoms with Gasteiger partial charge in [0.2, 0.25) is 0 Å². The Labute approximate surface area is 96.7 Å². The molecule has 0 radical (unpaired) electrons. The zero-order valence-corrected chi connectivity index (χ0v) is 11.1. The standard InChI is InChI=1S/C12H25NOS/c1-4-11-5-6-12(9-11)13-10(2)7-8-15(3)14/h10-13H,4-9H2,1-3H3. The molecule has 0 aromatic heterocycles. The fourth-order valence-corrected chi connectivity index (χ4v) is 3.11. The van der Waals surface area contributed by atoms with Crippen molar-refractivity contribution >= 4 is 10.8 Å². The van der Waals surface area contributed by atoms with E-state index in [4.69, 9.17) is 0 Å². The van der Waals surface area contributed by atoms with Gasteiger partial charge >= 0.3 is 0 Å². The highest BCUT2D eigenvalue weighted by Gasteiger charge is 2.23. The largest absolute Gasteiger partial charge is 0.311 e. The van der Waals surface area contributed by atoms with Gasteiger partial charge in [-0.05, 0) is 38.5 Å². The average Bonchev–Trinajstić information content (AvgIpc) is 2.62. The Bertz CT molecular complexity index is 208. The lowest BCUT2D eigenvalue weighted by atomic mass is 10.1. The Balaban J connectivity index is 2.15. The summed E-state index contributed by atoms with van der Waals surface area (Å²) in [6.07, 6.45) is 8.21. The van der Waals surface area contributed by atoms with Crippen LogP contribution in [0.4, 0.5) is 0 Å². The minimum absolute atomic E-state index is 0.523. The summed E-state index contributed by atoms with van der Waals surface area (Å²) in [5, 5.41) is 3.66. The molecule has 0 amide bonds. The summed E-state index contributed by atoms with van der Waals surface area (Å²) < 4.78 is 11.0. The van der Waals surface area contributed by atoms with Crippen molar-refractivity contribution in [1.82, 2.24) is 5.32 Å². The maximum Gasteiger partial charge on any atom is 0.0246 e. The minimum atomic E-state index is -0.638. The van der Waals surface area contributed by atoms with E-state index >= 15 is 0 Å². The Kier molecular flexibility index (Phi) is 5.83. The normalized spacial score (nSPS) is 30.3. The molecule has 0 heterocycles. The Hall–Kier alpha value is 0.110. The Morgan fingerprint density at radius 1 is 1.47 bits per heavy atom. The first-order valence-electron chi connectivity index (χ1n) is 6.17. The quantitative estimate of drug-likeness (QED) is 0.760. The molecule has 2 nitrogen and oxygen atoms in total. The molecule has 1 aliphatic carbocycles. The van der Waals surface area contributed by atoms with Crippen molar-refractivity contribution in [3.8, 4) is 0 Å². The maximum atomic E-state index is 11.0. The van der Waals surface area contributed by atoms with E-state index in [9.17, 15) is 4.21 Å². The second-order valence-corrected chi connectivity index (χ2v) is 6.47. The van der Waals surface area contributed by atoms with Crippen LogP contribution in [0.15, 0.2) is 0 Å². The maximum absolute atomic E-state index is 11.0. The minimum Gasteiger partial charge on any atom is -0.311 e. The van der Waals surface area contributed by atoms with E-state index in [0.717, 1.165) is 24.1 Å². The van der Waals surface area contributed by atoms with Crippen LogP contribution in [-0.4, -0.2) is 28.3 Å². The molecule has 0 bridgehead atoms. The van der Waals surface area contributed by atoms with Crippen molar-refractivity contribution in [3.63, 3.8) is 0 Å². The first-order valence-corrected chi connectivity index (χ1v) is 7.90. The molecular formula is C12H25NOS. The first-order chi connectivity index (χ1) is 7.11. The molecule has 0 aliphatic heterocycles. The predicted octanol–water partition coefficient (Wildman–Crippen LogP) is 2.31. The van der Waals surface area contributed by atoms with E-state index < -0.39 is 10.8 Å². The second-order valence-electron chi connectivity index (χ2n) is 4.92. The van der Waals surface area contributed by atoms with Gasteiger partial charge in [-0.3, -0.25) is 4.21 Å². The lowest BCUT2D eigenvalue weighted by molar-refractivity contribution is 0.424. The van der Waals surface area contributed by atoms with E-state index in [1.54, 1.807) is 6.26 Å². The first kappa shape index (κ1) is 13.2. The topological polar surface area (TPSA) is 29.1 Å². The van der Waals surface area contributed by atoms with E-state index in [0.29, 0.717) is 6.04 Å². The van der Waals surface area contributed by atoms with Gasteiger partial charge in [0, 0.05) is 34.9 Å². The number of hydrogen-bond acceptors (Lipinski definition) is 2. The zero-order valence-electron chi connectivity index (χ0n) is 10.3. The molecule has 0 spiro atoms. The van der Waals surface area contributed by atoms with E-state index in [1.807, 2.05) is 0 Å². The Morgan fingerprint density at radius 2 is 2.20 bits per heavy atom. The van der Waals surface area contributed by atoms with E-state index in [2.05, 4.69) is 19.2 Å². The molecule has 0 aromatic carbocycles. The summed E-state index contributed by atoms with van der Waals surface area (Å²) in [6.45, 7) is 4.50. The fraction of sp³-hybridized carbons (Fsp3) is 1.00. The molecule has 4 unspecified atom stereocenters. The van der Waals surface area contributed by atoms with Crippen molar-refractivity contribution in [2.45, 2.75) is 58.0 Å². The smallest absolute Gasteiger partial charge is 0.0246 e. The van der Waals surface area contributed by atoms with Crippen LogP contribution in [-0.2, 0) is 10.8 Å². The van der Waals surface area contributed by atoms with Gasteiger partial charge in [0.05, 0.1) is 0 Å². The van der Waals surface area contributed by atoms with Crippen molar-refractivity contribution < 1.29 is 4.21 Å². The molecule has 3 heteroatoms. The summed E-state index contributed by atoms with van der Waals surface area (Å²) in [5.74, 6) is 1.77. The summed E-state index contributed by atoms with van der Waals surface area (Å²) in [6, 6.07) is 1.24. The van der Waals surface area contributed by atoms with Crippen molar-refractivity contribution in [1.29, 1.82) is 0 Å². The molecule has 0 aromatic rings. The highest BCUT2D eigenvalue weighted by atomic mass is 32.2. The van der Waals surface area contributed by atoms with E-state index in [-0.39, 0.29) is 0 Å². The van der Waals surface area contributed by atoms with Crippen molar-refractivity contribution in [2.75, 3.05) is 12.0 Å². The molecule has 1 rings (SSSR count). The highest BCUT2D eigenvalue weighted by Crippen LogP contribution is 2.28. The monoisotopic (exact) mass is 231 g/mol. The van der Waals surface area contributed by atoms with Gasteiger partial charge in [0.25, 0.3) is 0 Å². The van der Waals surface area contributed by atoms with Crippen molar-refractivity contribution in [3.05, 3.63) is 0 Å².